The molecule has 0 aliphatic heterocycles. The van der Waals surface area contributed by atoms with Crippen LogP contribution in [0.25, 0.3) is 0 Å². The molecule has 7 heteroatoms. The number of pyridine rings is 1. The minimum Gasteiger partial charge on any atom is -0.266 e. The fourth-order valence-corrected chi connectivity index (χ4v) is 2.72. The third-order valence-corrected chi connectivity index (χ3v) is 4.00. The van der Waals surface area contributed by atoms with Crippen molar-refractivity contribution in [3.63, 3.8) is 0 Å². The molecule has 0 unspecified atom stereocenters. The van der Waals surface area contributed by atoms with Crippen molar-refractivity contribution in [1.82, 2.24) is 5.43 Å². The number of aromatic nitrogens is 1. The highest BCUT2D eigenvalue weighted by Gasteiger charge is 2.31. The summed E-state index contributed by atoms with van der Waals surface area (Å²) in [5.41, 5.74) is 3.29. The standard InChI is InChI=1S/C15H20N4O3/c1-12(13-6-5-7-14(10-13)19(21)22)16-17-15(20)11-18-8-3-2-4-9-18/h2-4,8-9,13-14H,5-7,10-11H2,1H3/p+1/b16-12-/t13-,14+/m1/s1. The molecule has 1 N–H and O–H groups in total. The summed E-state index contributed by atoms with van der Waals surface area (Å²) in [5.74, 6) is -0.133. The highest BCUT2D eigenvalue weighted by molar-refractivity contribution is 5.86. The second-order valence-electron chi connectivity index (χ2n) is 5.64. The van der Waals surface area contributed by atoms with E-state index in [0.29, 0.717) is 12.8 Å². The summed E-state index contributed by atoms with van der Waals surface area (Å²) in [7, 11) is 0. The largest absolute Gasteiger partial charge is 0.305 e. The molecule has 1 aliphatic carbocycles. The zero-order valence-electron chi connectivity index (χ0n) is 12.6. The highest BCUT2D eigenvalue weighted by Crippen LogP contribution is 2.26. The summed E-state index contributed by atoms with van der Waals surface area (Å²) in [6, 6.07) is 5.09. The normalized spacial score (nSPS) is 22.1. The van der Waals surface area contributed by atoms with E-state index in [-0.39, 0.29) is 23.3 Å². The molecule has 22 heavy (non-hydrogen) atoms. The number of nitrogens with one attached hydrogen (secondary N) is 1. The average Bonchev–Trinajstić information content (AvgIpc) is 2.53. The number of hydrogen-bond donors (Lipinski definition) is 1. The van der Waals surface area contributed by atoms with Gasteiger partial charge in [0.2, 0.25) is 12.6 Å². The van der Waals surface area contributed by atoms with Gasteiger partial charge >= 0.3 is 5.91 Å². The Kier molecular flexibility index (Phi) is 5.57. The van der Waals surface area contributed by atoms with Crippen molar-refractivity contribution in [1.29, 1.82) is 0 Å². The molecule has 1 fully saturated rings. The van der Waals surface area contributed by atoms with Crippen LogP contribution in [0.3, 0.4) is 0 Å². The summed E-state index contributed by atoms with van der Waals surface area (Å²) >= 11 is 0. The SMILES string of the molecule is C/C(=N/NC(=O)C[n+]1ccccc1)[C@@H]1CCC[C@H]([N+](=O)[O-])C1. The van der Waals surface area contributed by atoms with Crippen molar-refractivity contribution in [3.05, 3.63) is 40.7 Å². The Hall–Kier alpha value is -2.31. The molecule has 1 aliphatic rings. The van der Waals surface area contributed by atoms with Gasteiger partial charge in [0.15, 0.2) is 12.4 Å². The van der Waals surface area contributed by atoms with E-state index in [1.807, 2.05) is 25.1 Å². The first kappa shape index (κ1) is 16.1. The molecule has 7 nitrogen and oxygen atoms in total. The topological polar surface area (TPSA) is 88.5 Å². The van der Waals surface area contributed by atoms with Gasteiger partial charge in [-0.2, -0.15) is 9.67 Å². The molecule has 1 amide bonds. The van der Waals surface area contributed by atoms with Crippen molar-refractivity contribution in [3.8, 4) is 0 Å². The molecule has 0 saturated heterocycles. The Labute approximate surface area is 129 Å². The summed E-state index contributed by atoms with van der Waals surface area (Å²) in [4.78, 5) is 22.5. The third-order valence-electron chi connectivity index (χ3n) is 4.00. The molecule has 0 bridgehead atoms. The maximum Gasteiger partial charge on any atom is 0.305 e. The summed E-state index contributed by atoms with van der Waals surface area (Å²) < 4.78 is 1.75. The molecular formula is C15H21N4O3+. The van der Waals surface area contributed by atoms with E-state index in [1.165, 1.54) is 0 Å². The van der Waals surface area contributed by atoms with Gasteiger partial charge in [-0.1, -0.05) is 6.07 Å². The lowest BCUT2D eigenvalue weighted by atomic mass is 9.83. The molecule has 1 aromatic heterocycles. The molecule has 0 aromatic carbocycles. The van der Waals surface area contributed by atoms with Crippen LogP contribution in [0.15, 0.2) is 35.7 Å². The van der Waals surface area contributed by atoms with E-state index < -0.39 is 6.04 Å². The van der Waals surface area contributed by atoms with Gasteiger partial charge in [0.25, 0.3) is 0 Å². The molecule has 118 valence electrons. The Morgan fingerprint density at radius 1 is 1.36 bits per heavy atom. The van der Waals surface area contributed by atoms with E-state index in [0.717, 1.165) is 18.6 Å². The fraction of sp³-hybridized carbons (Fsp3) is 0.533. The number of nitrogens with zero attached hydrogens (tertiary/aromatic N) is 3. The lowest BCUT2D eigenvalue weighted by Crippen LogP contribution is -2.41. The Morgan fingerprint density at radius 2 is 2.09 bits per heavy atom. The van der Waals surface area contributed by atoms with Crippen LogP contribution in [0.1, 0.15) is 32.6 Å². The number of hydrazone groups is 1. The first-order valence-corrected chi connectivity index (χ1v) is 7.47. The number of nitro groups is 1. The lowest BCUT2D eigenvalue weighted by molar-refractivity contribution is -0.684. The van der Waals surface area contributed by atoms with E-state index >= 15 is 0 Å². The van der Waals surface area contributed by atoms with Crippen LogP contribution >= 0.6 is 0 Å². The number of rotatable bonds is 5. The van der Waals surface area contributed by atoms with Gasteiger partial charge in [-0.25, -0.2) is 5.43 Å². The summed E-state index contributed by atoms with van der Waals surface area (Å²) in [5, 5.41) is 15.0. The van der Waals surface area contributed by atoms with Crippen molar-refractivity contribution >= 4 is 11.6 Å². The third kappa shape index (κ3) is 4.61. The Bertz CT molecular complexity index is 559. The highest BCUT2D eigenvalue weighted by atomic mass is 16.6. The van der Waals surface area contributed by atoms with Crippen LogP contribution in [0.5, 0.6) is 0 Å². The van der Waals surface area contributed by atoms with Crippen LogP contribution in [-0.4, -0.2) is 22.6 Å². The molecule has 1 saturated carbocycles. The van der Waals surface area contributed by atoms with Crippen molar-refractivity contribution in [2.75, 3.05) is 0 Å². The van der Waals surface area contributed by atoms with Crippen LogP contribution < -0.4 is 9.99 Å². The van der Waals surface area contributed by atoms with E-state index in [9.17, 15) is 14.9 Å². The minimum atomic E-state index is -0.487. The van der Waals surface area contributed by atoms with Crippen molar-refractivity contribution in [2.24, 2.45) is 11.0 Å². The van der Waals surface area contributed by atoms with Gasteiger partial charge in [-0.3, -0.25) is 14.9 Å². The monoisotopic (exact) mass is 305 g/mol. The van der Waals surface area contributed by atoms with Crippen molar-refractivity contribution < 1.29 is 14.3 Å². The van der Waals surface area contributed by atoms with E-state index in [1.54, 1.807) is 17.0 Å². The molecule has 2 atom stereocenters. The quantitative estimate of drug-likeness (QED) is 0.385. The van der Waals surface area contributed by atoms with Gasteiger partial charge in [-0.05, 0) is 19.8 Å². The Morgan fingerprint density at radius 3 is 2.77 bits per heavy atom. The van der Waals surface area contributed by atoms with Crippen LogP contribution in [-0.2, 0) is 11.3 Å². The van der Waals surface area contributed by atoms with Gasteiger partial charge in [-0.15, -0.1) is 0 Å². The predicted molar refractivity (Wildman–Crippen MR) is 80.6 cm³/mol. The maximum atomic E-state index is 11.8. The van der Waals surface area contributed by atoms with Gasteiger partial charge in [0.1, 0.15) is 0 Å². The smallest absolute Gasteiger partial charge is 0.266 e. The number of amides is 1. The molecule has 1 heterocycles. The zero-order chi connectivity index (χ0) is 15.9. The van der Waals surface area contributed by atoms with Crippen LogP contribution in [0, 0.1) is 16.0 Å². The fourth-order valence-electron chi connectivity index (χ4n) is 2.72. The van der Waals surface area contributed by atoms with Gasteiger partial charge < -0.3 is 0 Å². The van der Waals surface area contributed by atoms with Gasteiger partial charge in [0.05, 0.1) is 0 Å². The van der Waals surface area contributed by atoms with E-state index in [4.69, 9.17) is 0 Å². The lowest BCUT2D eigenvalue weighted by Gasteiger charge is -2.23. The molecule has 1 aromatic rings. The molecule has 0 spiro atoms. The van der Waals surface area contributed by atoms with Crippen molar-refractivity contribution in [2.45, 2.75) is 45.2 Å². The Balaban J connectivity index is 1.86. The summed E-state index contributed by atoms with van der Waals surface area (Å²) in [6.45, 7) is 2.02. The molecular weight excluding hydrogens is 284 g/mol. The second-order valence-corrected chi connectivity index (χ2v) is 5.64. The predicted octanol–water partition coefficient (Wildman–Crippen LogP) is 1.30. The number of carbonyl (C=O) groups excluding carboxylic acids is 1. The number of carbonyl (C=O) groups is 1. The average molecular weight is 305 g/mol. The second kappa shape index (κ2) is 7.63. The minimum absolute atomic E-state index is 0.0776. The first-order chi connectivity index (χ1) is 10.6. The van der Waals surface area contributed by atoms with Crippen LogP contribution in [0.2, 0.25) is 0 Å². The molecule has 2 rings (SSSR count). The molecule has 0 radical (unpaired) electrons. The number of hydrogen-bond acceptors (Lipinski definition) is 4. The van der Waals surface area contributed by atoms with E-state index in [2.05, 4.69) is 10.5 Å². The van der Waals surface area contributed by atoms with Crippen LogP contribution in [0.4, 0.5) is 0 Å². The van der Waals surface area contributed by atoms with Gasteiger partial charge in [0, 0.05) is 41.5 Å². The maximum absolute atomic E-state index is 11.8. The zero-order valence-corrected chi connectivity index (χ0v) is 12.6. The first-order valence-electron chi connectivity index (χ1n) is 7.47. The summed E-state index contributed by atoms with van der Waals surface area (Å²) in [6.07, 6.45) is 6.47.